The molecule has 0 unspecified atom stereocenters. The zero-order valence-corrected chi connectivity index (χ0v) is 12.9. The Balaban J connectivity index is 1.84. The standard InChI is InChI=1S/C13H11BrN4OS/c14-8-4-5-10(19)9(6-8)12-17-18-11(7-2-1-3-7)15-16-13(18)20-12/h4-7,19H,1-3H2. The lowest BCUT2D eigenvalue weighted by molar-refractivity contribution is 0.395. The third-order valence-electron chi connectivity index (χ3n) is 3.67. The molecule has 1 aliphatic carbocycles. The van der Waals surface area contributed by atoms with Gasteiger partial charge < -0.3 is 5.11 Å². The molecule has 20 heavy (non-hydrogen) atoms. The van der Waals surface area contributed by atoms with Crippen LogP contribution in [-0.2, 0) is 0 Å². The first kappa shape index (κ1) is 12.3. The van der Waals surface area contributed by atoms with E-state index in [0.717, 1.165) is 38.7 Å². The van der Waals surface area contributed by atoms with Gasteiger partial charge in [-0.05, 0) is 31.0 Å². The van der Waals surface area contributed by atoms with Gasteiger partial charge in [0.1, 0.15) is 5.75 Å². The van der Waals surface area contributed by atoms with Gasteiger partial charge in [-0.15, -0.1) is 10.2 Å². The smallest absolute Gasteiger partial charge is 0.234 e. The third kappa shape index (κ3) is 1.84. The third-order valence-corrected chi connectivity index (χ3v) is 5.10. The molecule has 102 valence electrons. The van der Waals surface area contributed by atoms with Gasteiger partial charge in [0.2, 0.25) is 4.96 Å². The van der Waals surface area contributed by atoms with E-state index in [1.54, 1.807) is 12.1 Å². The van der Waals surface area contributed by atoms with Gasteiger partial charge in [0.25, 0.3) is 0 Å². The van der Waals surface area contributed by atoms with Crippen LogP contribution in [0.25, 0.3) is 15.5 Å². The number of aromatic hydroxyl groups is 1. The van der Waals surface area contributed by atoms with E-state index < -0.39 is 0 Å². The molecule has 1 fully saturated rings. The first-order chi connectivity index (χ1) is 9.72. The van der Waals surface area contributed by atoms with Crippen molar-refractivity contribution in [3.05, 3.63) is 28.5 Å². The number of nitrogens with zero attached hydrogens (tertiary/aromatic N) is 4. The van der Waals surface area contributed by atoms with E-state index in [2.05, 4.69) is 31.2 Å². The van der Waals surface area contributed by atoms with Gasteiger partial charge >= 0.3 is 0 Å². The Morgan fingerprint density at radius 3 is 2.90 bits per heavy atom. The summed E-state index contributed by atoms with van der Waals surface area (Å²) in [7, 11) is 0. The SMILES string of the molecule is Oc1ccc(Br)cc1-c1nn2c(C3CCC3)nnc2s1. The van der Waals surface area contributed by atoms with Crippen molar-refractivity contribution in [2.75, 3.05) is 0 Å². The van der Waals surface area contributed by atoms with E-state index in [0.29, 0.717) is 5.92 Å². The van der Waals surface area contributed by atoms with Crippen molar-refractivity contribution in [1.29, 1.82) is 0 Å². The fourth-order valence-corrected chi connectivity index (χ4v) is 3.57. The molecule has 5 nitrogen and oxygen atoms in total. The largest absolute Gasteiger partial charge is 0.507 e. The molecule has 4 rings (SSSR count). The molecule has 0 amide bonds. The summed E-state index contributed by atoms with van der Waals surface area (Å²) >= 11 is 4.86. The predicted molar refractivity (Wildman–Crippen MR) is 80.1 cm³/mol. The first-order valence-electron chi connectivity index (χ1n) is 6.43. The molecule has 1 N–H and O–H groups in total. The minimum atomic E-state index is 0.225. The Morgan fingerprint density at radius 2 is 2.15 bits per heavy atom. The van der Waals surface area contributed by atoms with Crippen LogP contribution in [0, 0.1) is 0 Å². The van der Waals surface area contributed by atoms with Crippen molar-refractivity contribution in [1.82, 2.24) is 19.8 Å². The molecular weight excluding hydrogens is 340 g/mol. The normalized spacial score (nSPS) is 15.7. The summed E-state index contributed by atoms with van der Waals surface area (Å²) in [5, 5.41) is 23.8. The first-order valence-corrected chi connectivity index (χ1v) is 8.04. The quantitative estimate of drug-likeness (QED) is 0.766. The molecular formula is C13H11BrN4OS. The van der Waals surface area contributed by atoms with Crippen molar-refractivity contribution >= 4 is 32.2 Å². The maximum absolute atomic E-state index is 9.99. The molecule has 7 heteroatoms. The highest BCUT2D eigenvalue weighted by Gasteiger charge is 2.26. The number of rotatable bonds is 2. The van der Waals surface area contributed by atoms with E-state index in [4.69, 9.17) is 0 Å². The lowest BCUT2D eigenvalue weighted by atomic mass is 9.85. The summed E-state index contributed by atoms with van der Waals surface area (Å²) in [4.78, 5) is 0.779. The second kappa shape index (κ2) is 4.53. The van der Waals surface area contributed by atoms with Gasteiger partial charge in [0.15, 0.2) is 10.8 Å². The Morgan fingerprint density at radius 1 is 1.30 bits per heavy atom. The molecule has 0 aliphatic heterocycles. The van der Waals surface area contributed by atoms with E-state index >= 15 is 0 Å². The zero-order chi connectivity index (χ0) is 13.7. The highest BCUT2D eigenvalue weighted by Crippen LogP contribution is 2.38. The Bertz CT molecular complexity index is 793. The fraction of sp³-hybridized carbons (Fsp3) is 0.308. The van der Waals surface area contributed by atoms with E-state index in [1.165, 1.54) is 17.8 Å². The molecule has 2 aromatic heterocycles. The summed E-state index contributed by atoms with van der Waals surface area (Å²) < 4.78 is 2.74. The summed E-state index contributed by atoms with van der Waals surface area (Å²) in [6.07, 6.45) is 3.58. The topological polar surface area (TPSA) is 63.3 Å². The van der Waals surface area contributed by atoms with Crippen LogP contribution in [0.15, 0.2) is 22.7 Å². The second-order valence-corrected chi connectivity index (χ2v) is 6.82. The van der Waals surface area contributed by atoms with E-state index in [9.17, 15) is 5.11 Å². The summed E-state index contributed by atoms with van der Waals surface area (Å²) in [5.41, 5.74) is 0.717. The minimum Gasteiger partial charge on any atom is -0.507 e. The number of phenols is 1. The molecule has 0 atom stereocenters. The second-order valence-electron chi connectivity index (χ2n) is 4.95. The van der Waals surface area contributed by atoms with Gasteiger partial charge in [-0.2, -0.15) is 9.61 Å². The number of fused-ring (bicyclic) bond motifs is 1. The molecule has 0 saturated heterocycles. The number of halogens is 1. The van der Waals surface area contributed by atoms with Gasteiger partial charge in [-0.25, -0.2) is 0 Å². The molecule has 0 bridgehead atoms. The highest BCUT2D eigenvalue weighted by atomic mass is 79.9. The van der Waals surface area contributed by atoms with Crippen LogP contribution in [-0.4, -0.2) is 24.9 Å². The summed E-state index contributed by atoms with van der Waals surface area (Å²) in [6, 6.07) is 5.33. The van der Waals surface area contributed by atoms with Crippen LogP contribution in [0.3, 0.4) is 0 Å². The van der Waals surface area contributed by atoms with Crippen molar-refractivity contribution in [2.45, 2.75) is 25.2 Å². The average molecular weight is 351 g/mol. The molecule has 1 aromatic carbocycles. The Kier molecular flexibility index (Phi) is 2.78. The molecule has 2 heterocycles. The number of phenolic OH excluding ortho intramolecular Hbond substituents is 1. The van der Waals surface area contributed by atoms with Crippen LogP contribution < -0.4 is 0 Å². The van der Waals surface area contributed by atoms with Crippen LogP contribution in [0.4, 0.5) is 0 Å². The predicted octanol–water partition coefficient (Wildman–Crippen LogP) is 3.59. The summed E-state index contributed by atoms with van der Waals surface area (Å²) in [5.74, 6) is 1.66. The molecule has 0 radical (unpaired) electrons. The number of aromatic nitrogens is 4. The van der Waals surface area contributed by atoms with Crippen molar-refractivity contribution < 1.29 is 5.11 Å². The highest BCUT2D eigenvalue weighted by molar-refractivity contribution is 9.10. The van der Waals surface area contributed by atoms with Crippen LogP contribution in [0.2, 0.25) is 0 Å². The lowest BCUT2D eigenvalue weighted by Gasteiger charge is -2.22. The molecule has 1 aliphatic rings. The molecule has 3 aromatic rings. The number of hydrogen-bond acceptors (Lipinski definition) is 5. The number of hydrogen-bond donors (Lipinski definition) is 1. The van der Waals surface area contributed by atoms with E-state index in [-0.39, 0.29) is 5.75 Å². The average Bonchev–Trinajstić information content (AvgIpc) is 2.92. The fourth-order valence-electron chi connectivity index (χ4n) is 2.34. The van der Waals surface area contributed by atoms with Crippen molar-refractivity contribution in [3.8, 4) is 16.3 Å². The van der Waals surface area contributed by atoms with Crippen molar-refractivity contribution in [2.24, 2.45) is 0 Å². The Labute approximate surface area is 127 Å². The van der Waals surface area contributed by atoms with E-state index in [1.807, 2.05) is 10.6 Å². The van der Waals surface area contributed by atoms with Gasteiger partial charge in [-0.1, -0.05) is 33.7 Å². The van der Waals surface area contributed by atoms with Crippen LogP contribution in [0.5, 0.6) is 5.75 Å². The van der Waals surface area contributed by atoms with Gasteiger partial charge in [-0.3, -0.25) is 0 Å². The minimum absolute atomic E-state index is 0.225. The number of benzene rings is 1. The Hall–Kier alpha value is -1.47. The van der Waals surface area contributed by atoms with Crippen LogP contribution in [0.1, 0.15) is 31.0 Å². The maximum atomic E-state index is 9.99. The summed E-state index contributed by atoms with van der Waals surface area (Å²) in [6.45, 7) is 0. The monoisotopic (exact) mass is 350 g/mol. The van der Waals surface area contributed by atoms with Gasteiger partial charge in [0.05, 0.1) is 5.56 Å². The lowest BCUT2D eigenvalue weighted by Crippen LogP contribution is -2.12. The molecule has 1 saturated carbocycles. The molecule has 0 spiro atoms. The van der Waals surface area contributed by atoms with Crippen LogP contribution >= 0.6 is 27.3 Å². The zero-order valence-electron chi connectivity index (χ0n) is 10.5. The van der Waals surface area contributed by atoms with Crippen molar-refractivity contribution in [3.63, 3.8) is 0 Å². The van der Waals surface area contributed by atoms with Gasteiger partial charge in [0, 0.05) is 10.4 Å². The maximum Gasteiger partial charge on any atom is 0.234 e.